The molecule has 4 aromatic rings. The highest BCUT2D eigenvalue weighted by Crippen LogP contribution is 2.29. The largest absolute Gasteiger partial charge is 0.302 e. The molecule has 156 valence electrons. The summed E-state index contributed by atoms with van der Waals surface area (Å²) in [6.45, 7) is 7.46. The number of hydrogen-bond acceptors (Lipinski definition) is 6. The summed E-state index contributed by atoms with van der Waals surface area (Å²) < 4.78 is 1.06. The summed E-state index contributed by atoms with van der Waals surface area (Å²) in [6.07, 6.45) is 1.56. The lowest BCUT2D eigenvalue weighted by atomic mass is 10.3. The number of nitrogens with zero attached hydrogens (tertiary/aromatic N) is 5. The quantitative estimate of drug-likeness (QED) is 0.417. The predicted octanol–water partition coefficient (Wildman–Crippen LogP) is 4.65. The second kappa shape index (κ2) is 9.93. The molecule has 4 rings (SSSR count). The molecule has 1 amide bonds. The first kappa shape index (κ1) is 22.1. The molecule has 0 unspecified atom stereocenters. The van der Waals surface area contributed by atoms with E-state index in [1.54, 1.807) is 11.1 Å². The van der Waals surface area contributed by atoms with Crippen LogP contribution >= 0.6 is 23.7 Å². The van der Waals surface area contributed by atoms with E-state index in [0.29, 0.717) is 22.9 Å². The molecule has 0 aliphatic rings. The summed E-state index contributed by atoms with van der Waals surface area (Å²) in [7, 11) is 0. The summed E-state index contributed by atoms with van der Waals surface area (Å²) in [5.41, 5.74) is 2.73. The number of amides is 1. The highest BCUT2D eigenvalue weighted by Gasteiger charge is 2.23. The zero-order valence-electron chi connectivity index (χ0n) is 17.0. The first-order valence-corrected chi connectivity index (χ1v) is 10.6. The van der Waals surface area contributed by atoms with Gasteiger partial charge in [0.1, 0.15) is 5.69 Å². The van der Waals surface area contributed by atoms with Crippen molar-refractivity contribution in [3.63, 3.8) is 0 Å². The summed E-state index contributed by atoms with van der Waals surface area (Å²) in [5.74, 6) is -0.172. The van der Waals surface area contributed by atoms with Crippen LogP contribution in [0.15, 0.2) is 54.7 Å². The Labute approximate surface area is 186 Å². The fourth-order valence-corrected chi connectivity index (χ4v) is 4.23. The maximum Gasteiger partial charge on any atom is 0.280 e. The molecule has 8 heteroatoms. The second-order valence-electron chi connectivity index (χ2n) is 6.69. The van der Waals surface area contributed by atoms with Crippen LogP contribution in [0.3, 0.4) is 0 Å². The van der Waals surface area contributed by atoms with Crippen LogP contribution in [0.5, 0.6) is 0 Å². The maximum absolute atomic E-state index is 13.4. The number of likely N-dealkylation sites (N-methyl/N-ethyl adjacent to an activating group) is 1. The number of halogens is 1. The molecule has 2 heterocycles. The first-order valence-electron chi connectivity index (χ1n) is 9.81. The molecule has 0 aliphatic heterocycles. The lowest BCUT2D eigenvalue weighted by Gasteiger charge is -2.24. The lowest BCUT2D eigenvalue weighted by Crippen LogP contribution is -2.39. The molecule has 0 spiro atoms. The standard InChI is InChI=1S/C22H23N5OS.ClH/c1-3-26(4-2)13-14-27(22-25-18-11-7-8-12-20(18)29-22)21(28)19-15-23-16-9-5-6-10-17(16)24-19;/h5-12,15H,3-4,13-14H2,1-2H3;1H. The SMILES string of the molecule is CCN(CC)CCN(C(=O)c1cnc2ccccc2n1)c1nc2ccccc2s1.Cl. The molecule has 0 radical (unpaired) electrons. The number of carbonyl (C=O) groups excluding carboxylic acids is 1. The van der Waals surface area contributed by atoms with Gasteiger partial charge in [0, 0.05) is 13.1 Å². The fraction of sp³-hybridized carbons (Fsp3) is 0.273. The van der Waals surface area contributed by atoms with Gasteiger partial charge in [-0.25, -0.2) is 9.97 Å². The van der Waals surface area contributed by atoms with Crippen molar-refractivity contribution in [1.29, 1.82) is 0 Å². The third kappa shape index (κ3) is 4.59. The van der Waals surface area contributed by atoms with Crippen molar-refractivity contribution in [2.75, 3.05) is 31.1 Å². The fourth-order valence-electron chi connectivity index (χ4n) is 3.24. The Morgan fingerprint density at radius 3 is 2.27 bits per heavy atom. The molecule has 2 aromatic carbocycles. The van der Waals surface area contributed by atoms with E-state index < -0.39 is 0 Å². The van der Waals surface area contributed by atoms with Gasteiger partial charge in [-0.15, -0.1) is 12.4 Å². The summed E-state index contributed by atoms with van der Waals surface area (Å²) >= 11 is 1.53. The summed E-state index contributed by atoms with van der Waals surface area (Å²) in [6, 6.07) is 15.5. The molecule has 6 nitrogen and oxygen atoms in total. The van der Waals surface area contributed by atoms with E-state index in [0.717, 1.165) is 35.4 Å². The van der Waals surface area contributed by atoms with E-state index in [-0.39, 0.29) is 18.3 Å². The number of aromatic nitrogens is 3. The number of rotatable bonds is 7. The van der Waals surface area contributed by atoms with Crippen molar-refractivity contribution in [2.45, 2.75) is 13.8 Å². The van der Waals surface area contributed by atoms with Gasteiger partial charge in [-0.1, -0.05) is 49.4 Å². The van der Waals surface area contributed by atoms with Crippen LogP contribution in [0.25, 0.3) is 21.3 Å². The average Bonchev–Trinajstić information content (AvgIpc) is 3.20. The Morgan fingerprint density at radius 1 is 0.900 bits per heavy atom. The van der Waals surface area contributed by atoms with Gasteiger partial charge in [0.15, 0.2) is 5.13 Å². The monoisotopic (exact) mass is 441 g/mol. The molecule has 2 aromatic heterocycles. The first-order chi connectivity index (χ1) is 14.2. The van der Waals surface area contributed by atoms with Gasteiger partial charge in [0.2, 0.25) is 0 Å². The highest BCUT2D eigenvalue weighted by atomic mass is 35.5. The van der Waals surface area contributed by atoms with Crippen LogP contribution in [-0.4, -0.2) is 51.9 Å². The minimum absolute atomic E-state index is 0. The molecule has 0 aliphatic carbocycles. The molecule has 0 saturated heterocycles. The van der Waals surface area contributed by atoms with Gasteiger partial charge in [0.05, 0.1) is 27.4 Å². The minimum atomic E-state index is -0.172. The lowest BCUT2D eigenvalue weighted by molar-refractivity contribution is 0.0979. The third-order valence-electron chi connectivity index (χ3n) is 4.96. The predicted molar refractivity (Wildman–Crippen MR) is 126 cm³/mol. The van der Waals surface area contributed by atoms with Crippen molar-refractivity contribution in [3.05, 3.63) is 60.4 Å². The van der Waals surface area contributed by atoms with E-state index in [4.69, 9.17) is 4.98 Å². The van der Waals surface area contributed by atoms with E-state index in [1.807, 2.05) is 48.5 Å². The van der Waals surface area contributed by atoms with Crippen LogP contribution in [-0.2, 0) is 0 Å². The Hall–Kier alpha value is -2.61. The van der Waals surface area contributed by atoms with Crippen molar-refractivity contribution in [2.24, 2.45) is 0 Å². The van der Waals surface area contributed by atoms with Crippen LogP contribution in [0.4, 0.5) is 5.13 Å². The molecule has 0 saturated carbocycles. The number of benzene rings is 2. The average molecular weight is 442 g/mol. The van der Waals surface area contributed by atoms with Crippen molar-refractivity contribution in [1.82, 2.24) is 19.9 Å². The molecule has 30 heavy (non-hydrogen) atoms. The van der Waals surface area contributed by atoms with Crippen molar-refractivity contribution < 1.29 is 4.79 Å². The smallest absolute Gasteiger partial charge is 0.280 e. The number of fused-ring (bicyclic) bond motifs is 2. The van der Waals surface area contributed by atoms with Crippen LogP contribution in [0.2, 0.25) is 0 Å². The number of anilines is 1. The van der Waals surface area contributed by atoms with Gasteiger partial charge >= 0.3 is 0 Å². The Morgan fingerprint density at radius 2 is 1.57 bits per heavy atom. The van der Waals surface area contributed by atoms with Gasteiger partial charge < -0.3 is 4.90 Å². The number of carbonyl (C=O) groups is 1. The van der Waals surface area contributed by atoms with E-state index >= 15 is 0 Å². The molecule has 0 bridgehead atoms. The number of para-hydroxylation sites is 3. The summed E-state index contributed by atoms with van der Waals surface area (Å²) in [4.78, 5) is 31.1. The zero-order chi connectivity index (χ0) is 20.2. The molecule has 0 fully saturated rings. The van der Waals surface area contributed by atoms with Gasteiger partial charge in [0.25, 0.3) is 5.91 Å². The van der Waals surface area contributed by atoms with Crippen LogP contribution in [0, 0.1) is 0 Å². The van der Waals surface area contributed by atoms with E-state index in [9.17, 15) is 4.79 Å². The Balaban J connectivity index is 0.00000256. The van der Waals surface area contributed by atoms with Crippen molar-refractivity contribution in [3.8, 4) is 0 Å². The van der Waals surface area contributed by atoms with Crippen LogP contribution < -0.4 is 4.90 Å². The maximum atomic E-state index is 13.4. The Kier molecular flexibility index (Phi) is 7.31. The molecule has 0 atom stereocenters. The molecular formula is C22H24ClN5OS. The highest BCUT2D eigenvalue weighted by molar-refractivity contribution is 7.22. The summed E-state index contributed by atoms with van der Waals surface area (Å²) in [5, 5.41) is 0.693. The van der Waals surface area contributed by atoms with Gasteiger partial charge in [-0.05, 0) is 37.4 Å². The van der Waals surface area contributed by atoms with Gasteiger partial charge in [-0.2, -0.15) is 0 Å². The normalized spacial score (nSPS) is 11.0. The molecule has 0 N–H and O–H groups in total. The van der Waals surface area contributed by atoms with E-state index in [1.165, 1.54) is 11.3 Å². The third-order valence-corrected chi connectivity index (χ3v) is 6.02. The number of thiazole rings is 1. The van der Waals surface area contributed by atoms with E-state index in [2.05, 4.69) is 28.7 Å². The zero-order valence-corrected chi connectivity index (χ0v) is 18.6. The number of hydrogen-bond donors (Lipinski definition) is 0. The molecular weight excluding hydrogens is 418 g/mol. The van der Waals surface area contributed by atoms with Crippen LogP contribution in [0.1, 0.15) is 24.3 Å². The topological polar surface area (TPSA) is 62.2 Å². The van der Waals surface area contributed by atoms with Crippen molar-refractivity contribution >= 4 is 56.0 Å². The Bertz CT molecular complexity index is 1110. The van der Waals surface area contributed by atoms with Gasteiger partial charge in [-0.3, -0.25) is 14.7 Å². The second-order valence-corrected chi connectivity index (χ2v) is 7.70. The minimum Gasteiger partial charge on any atom is -0.302 e.